The summed E-state index contributed by atoms with van der Waals surface area (Å²) >= 11 is 1.35. The minimum Gasteiger partial charge on any atom is -0.459 e. The number of hydrogen-bond acceptors (Lipinski definition) is 6. The van der Waals surface area contributed by atoms with Gasteiger partial charge in [0.15, 0.2) is 10.7 Å². The largest absolute Gasteiger partial charge is 0.459 e. The Morgan fingerprint density at radius 1 is 1.41 bits per heavy atom. The Morgan fingerprint density at radius 3 is 3.11 bits per heavy atom. The summed E-state index contributed by atoms with van der Waals surface area (Å²) < 4.78 is 6.47. The molecule has 2 amide bonds. The summed E-state index contributed by atoms with van der Waals surface area (Å²) in [4.78, 5) is 43.8. The highest BCUT2D eigenvalue weighted by Crippen LogP contribution is 2.18. The van der Waals surface area contributed by atoms with Gasteiger partial charge < -0.3 is 14.6 Å². The maximum atomic E-state index is 12.8. The van der Waals surface area contributed by atoms with Crippen LogP contribution in [0.4, 0.5) is 0 Å². The van der Waals surface area contributed by atoms with E-state index in [1.165, 1.54) is 28.2 Å². The van der Waals surface area contributed by atoms with E-state index in [2.05, 4.69) is 10.3 Å². The summed E-state index contributed by atoms with van der Waals surface area (Å²) in [5.74, 6) is -0.187. The molecule has 1 saturated heterocycles. The quantitative estimate of drug-likeness (QED) is 0.735. The van der Waals surface area contributed by atoms with Crippen LogP contribution in [-0.4, -0.2) is 45.7 Å². The second-order valence-corrected chi connectivity index (χ2v) is 7.35. The number of rotatable bonds is 4. The van der Waals surface area contributed by atoms with Gasteiger partial charge in [-0.1, -0.05) is 0 Å². The van der Waals surface area contributed by atoms with E-state index < -0.39 is 0 Å². The number of fused-ring (bicyclic) bond motifs is 1. The predicted octanol–water partition coefficient (Wildman–Crippen LogP) is 1.63. The van der Waals surface area contributed by atoms with Gasteiger partial charge in [-0.05, 0) is 30.9 Å². The van der Waals surface area contributed by atoms with Crippen LogP contribution in [0.3, 0.4) is 0 Å². The van der Waals surface area contributed by atoms with Crippen LogP contribution >= 0.6 is 11.3 Å². The van der Waals surface area contributed by atoms with Crippen molar-refractivity contribution in [3.8, 4) is 0 Å². The third-order valence-electron chi connectivity index (χ3n) is 4.68. The zero-order valence-corrected chi connectivity index (χ0v) is 15.3. The lowest BCUT2D eigenvalue weighted by molar-refractivity contribution is 0.0667. The maximum absolute atomic E-state index is 12.8. The highest BCUT2D eigenvalue weighted by Gasteiger charge is 2.27. The minimum absolute atomic E-state index is 0.0752. The van der Waals surface area contributed by atoms with Crippen molar-refractivity contribution in [1.82, 2.24) is 19.6 Å². The van der Waals surface area contributed by atoms with Crippen LogP contribution in [0.15, 0.2) is 45.4 Å². The fourth-order valence-electron chi connectivity index (χ4n) is 3.29. The molecule has 4 heterocycles. The normalized spacial score (nSPS) is 17.2. The molecule has 8 nitrogen and oxygen atoms in total. The second kappa shape index (κ2) is 7.36. The molecule has 1 N–H and O–H groups in total. The summed E-state index contributed by atoms with van der Waals surface area (Å²) in [6.07, 6.45) is 6.16. The van der Waals surface area contributed by atoms with Crippen LogP contribution < -0.4 is 10.9 Å². The molecule has 1 atom stereocenters. The van der Waals surface area contributed by atoms with Crippen molar-refractivity contribution < 1.29 is 14.0 Å². The summed E-state index contributed by atoms with van der Waals surface area (Å²) in [5, 5.41) is 4.60. The number of amides is 2. The monoisotopic (exact) mass is 386 g/mol. The lowest BCUT2D eigenvalue weighted by Gasteiger charge is -2.32. The Hall–Kier alpha value is -2.94. The Balaban J connectivity index is 1.42. The van der Waals surface area contributed by atoms with E-state index in [0.717, 1.165) is 12.8 Å². The summed E-state index contributed by atoms with van der Waals surface area (Å²) in [7, 11) is 0. The van der Waals surface area contributed by atoms with Crippen molar-refractivity contribution in [2.24, 2.45) is 5.92 Å². The van der Waals surface area contributed by atoms with Gasteiger partial charge in [0.05, 0.1) is 6.26 Å². The van der Waals surface area contributed by atoms with Crippen molar-refractivity contribution in [2.75, 3.05) is 19.6 Å². The molecular formula is C18H18N4O4S. The molecule has 3 aromatic heterocycles. The number of thiazole rings is 1. The standard InChI is InChI=1S/C18H18N4O4S/c23-15(14-4-2-7-26-14)19-9-12-3-1-5-21(11-12)16(24)13-10-20-18-22(17(13)25)6-8-27-18/h2,4,6-8,10,12H,1,3,5,9,11H2,(H,19,23)/t12-/m1/s1. The van der Waals surface area contributed by atoms with E-state index in [1.807, 2.05) is 0 Å². The fraction of sp³-hybridized carbons (Fsp3) is 0.333. The third kappa shape index (κ3) is 3.50. The average Bonchev–Trinajstić information content (AvgIpc) is 3.38. The highest BCUT2D eigenvalue weighted by molar-refractivity contribution is 7.15. The van der Waals surface area contributed by atoms with Crippen molar-refractivity contribution in [2.45, 2.75) is 12.8 Å². The minimum atomic E-state index is -0.348. The molecule has 0 saturated carbocycles. The molecule has 1 aliphatic rings. The number of nitrogens with one attached hydrogen (secondary N) is 1. The Kier molecular flexibility index (Phi) is 4.76. The number of carbonyl (C=O) groups is 2. The topological polar surface area (TPSA) is 96.9 Å². The van der Waals surface area contributed by atoms with E-state index in [9.17, 15) is 14.4 Å². The van der Waals surface area contributed by atoms with Crippen molar-refractivity contribution in [3.63, 3.8) is 0 Å². The van der Waals surface area contributed by atoms with E-state index in [1.54, 1.807) is 28.6 Å². The predicted molar refractivity (Wildman–Crippen MR) is 99.0 cm³/mol. The van der Waals surface area contributed by atoms with E-state index in [4.69, 9.17) is 4.42 Å². The first-order valence-electron chi connectivity index (χ1n) is 8.69. The van der Waals surface area contributed by atoms with Gasteiger partial charge in [-0.25, -0.2) is 4.98 Å². The first-order chi connectivity index (χ1) is 13.1. The molecule has 27 heavy (non-hydrogen) atoms. The summed E-state index contributed by atoms with van der Waals surface area (Å²) in [5.41, 5.74) is -0.273. The number of hydrogen-bond donors (Lipinski definition) is 1. The van der Waals surface area contributed by atoms with Gasteiger partial charge in [0.25, 0.3) is 17.4 Å². The first-order valence-corrected chi connectivity index (χ1v) is 9.57. The van der Waals surface area contributed by atoms with Gasteiger partial charge in [0, 0.05) is 37.4 Å². The van der Waals surface area contributed by atoms with Crippen molar-refractivity contribution >= 4 is 28.1 Å². The van der Waals surface area contributed by atoms with Crippen LogP contribution in [0, 0.1) is 5.92 Å². The van der Waals surface area contributed by atoms with Crippen LogP contribution in [-0.2, 0) is 0 Å². The van der Waals surface area contributed by atoms with Gasteiger partial charge in [0.2, 0.25) is 0 Å². The highest BCUT2D eigenvalue weighted by atomic mass is 32.1. The molecule has 0 unspecified atom stereocenters. The van der Waals surface area contributed by atoms with Gasteiger partial charge in [-0.2, -0.15) is 0 Å². The summed E-state index contributed by atoms with van der Waals surface area (Å²) in [6, 6.07) is 3.26. The third-order valence-corrected chi connectivity index (χ3v) is 5.45. The number of nitrogens with zero attached hydrogens (tertiary/aromatic N) is 3. The van der Waals surface area contributed by atoms with Gasteiger partial charge in [-0.15, -0.1) is 11.3 Å². The maximum Gasteiger partial charge on any atom is 0.286 e. The lowest BCUT2D eigenvalue weighted by Crippen LogP contribution is -2.45. The number of likely N-dealkylation sites (tertiary alicyclic amines) is 1. The van der Waals surface area contributed by atoms with Crippen LogP contribution in [0.2, 0.25) is 0 Å². The van der Waals surface area contributed by atoms with Gasteiger partial charge in [0.1, 0.15) is 5.56 Å². The zero-order valence-electron chi connectivity index (χ0n) is 14.5. The Morgan fingerprint density at radius 2 is 2.30 bits per heavy atom. The molecule has 0 aromatic carbocycles. The van der Waals surface area contributed by atoms with Crippen molar-refractivity contribution in [1.29, 1.82) is 0 Å². The molecule has 0 spiro atoms. The number of carbonyl (C=O) groups excluding carboxylic acids is 2. The number of furan rings is 1. The molecule has 0 bridgehead atoms. The van der Waals surface area contributed by atoms with E-state index in [0.29, 0.717) is 24.6 Å². The molecule has 0 aliphatic carbocycles. The SMILES string of the molecule is O=C(NC[C@H]1CCCN(C(=O)c2cnc3sccn3c2=O)C1)c1ccco1. The van der Waals surface area contributed by atoms with Crippen LogP contribution in [0.1, 0.15) is 33.8 Å². The molecular weight excluding hydrogens is 368 g/mol. The fourth-order valence-corrected chi connectivity index (χ4v) is 3.96. The zero-order chi connectivity index (χ0) is 18.8. The Bertz CT molecular complexity index is 1020. The average molecular weight is 386 g/mol. The first kappa shape index (κ1) is 17.5. The molecule has 1 aliphatic heterocycles. The Labute approximate surface area is 158 Å². The molecule has 1 fully saturated rings. The smallest absolute Gasteiger partial charge is 0.286 e. The molecule has 140 valence electrons. The van der Waals surface area contributed by atoms with E-state index >= 15 is 0 Å². The molecule has 3 aromatic rings. The molecule has 9 heteroatoms. The molecule has 4 rings (SSSR count). The van der Waals surface area contributed by atoms with Gasteiger partial charge >= 0.3 is 0 Å². The lowest BCUT2D eigenvalue weighted by atomic mass is 9.97. The van der Waals surface area contributed by atoms with Crippen LogP contribution in [0.5, 0.6) is 0 Å². The summed E-state index contributed by atoms with van der Waals surface area (Å²) in [6.45, 7) is 1.53. The van der Waals surface area contributed by atoms with E-state index in [-0.39, 0.29) is 34.6 Å². The second-order valence-electron chi connectivity index (χ2n) is 6.48. The molecule has 0 radical (unpaired) electrons. The number of aromatic nitrogens is 2. The van der Waals surface area contributed by atoms with Crippen molar-refractivity contribution in [3.05, 3.63) is 57.8 Å². The van der Waals surface area contributed by atoms with Gasteiger partial charge in [-0.3, -0.25) is 18.8 Å². The van der Waals surface area contributed by atoms with Crippen LogP contribution in [0.25, 0.3) is 4.96 Å². The number of piperidine rings is 1.